The molecule has 0 radical (unpaired) electrons. The normalized spacial score (nSPS) is 13.5. The standard InChI is InChI=1S/C24H34O2Si2/c1-24(2,3)28(22-15-9-7-10-16-22,23-17-11-8-12-18-23)26-21(20-25)14-13-19-27(4,5)6/h7-12,15-18,21,25H,14,20H2,1-6H3/t21-/m0/s1. The fourth-order valence-electron chi connectivity index (χ4n) is 3.51. The maximum absolute atomic E-state index is 10.1. The molecule has 0 fully saturated rings. The van der Waals surface area contributed by atoms with Crippen LogP contribution in [0.2, 0.25) is 24.7 Å². The van der Waals surface area contributed by atoms with Crippen molar-refractivity contribution in [2.45, 2.75) is 58.0 Å². The van der Waals surface area contributed by atoms with Crippen molar-refractivity contribution in [3.8, 4) is 11.5 Å². The SMILES string of the molecule is CC(C)(C)[Si](O[C@H](CO)CC#C[Si](C)(C)C)(c1ccccc1)c1ccccc1. The summed E-state index contributed by atoms with van der Waals surface area (Å²) in [6.45, 7) is 13.4. The summed E-state index contributed by atoms with van der Waals surface area (Å²) in [7, 11) is -4.09. The van der Waals surface area contributed by atoms with Crippen molar-refractivity contribution in [3.63, 3.8) is 0 Å². The zero-order chi connectivity index (χ0) is 20.8. The molecule has 0 saturated carbocycles. The van der Waals surface area contributed by atoms with E-state index in [4.69, 9.17) is 4.43 Å². The zero-order valence-electron chi connectivity index (χ0n) is 18.1. The number of benzene rings is 2. The van der Waals surface area contributed by atoms with Crippen molar-refractivity contribution in [1.82, 2.24) is 0 Å². The lowest BCUT2D eigenvalue weighted by atomic mass is 10.2. The summed E-state index contributed by atoms with van der Waals surface area (Å²) in [5, 5.41) is 12.5. The predicted octanol–water partition coefficient (Wildman–Crippen LogP) is 4.19. The second-order valence-corrected chi connectivity index (χ2v) is 18.3. The Morgan fingerprint density at radius 2 is 1.36 bits per heavy atom. The highest BCUT2D eigenvalue weighted by Gasteiger charge is 2.51. The Balaban J connectivity index is 2.55. The van der Waals surface area contributed by atoms with E-state index >= 15 is 0 Å². The molecule has 0 amide bonds. The molecule has 0 unspecified atom stereocenters. The van der Waals surface area contributed by atoms with Crippen LogP contribution in [-0.4, -0.2) is 34.2 Å². The van der Waals surface area contributed by atoms with Crippen LogP contribution in [0.4, 0.5) is 0 Å². The van der Waals surface area contributed by atoms with Crippen molar-refractivity contribution in [1.29, 1.82) is 0 Å². The molecule has 0 heterocycles. The summed E-state index contributed by atoms with van der Waals surface area (Å²) in [5.41, 5.74) is 3.40. The second-order valence-electron chi connectivity index (χ2n) is 9.34. The first-order chi connectivity index (χ1) is 13.1. The summed E-state index contributed by atoms with van der Waals surface area (Å²) in [6, 6.07) is 21.1. The van der Waals surface area contributed by atoms with E-state index in [-0.39, 0.29) is 17.7 Å². The van der Waals surface area contributed by atoms with E-state index in [0.717, 1.165) is 0 Å². The number of aliphatic hydroxyl groups is 1. The van der Waals surface area contributed by atoms with Gasteiger partial charge in [0, 0.05) is 6.42 Å². The van der Waals surface area contributed by atoms with E-state index in [1.807, 2.05) is 12.1 Å². The average Bonchev–Trinajstić information content (AvgIpc) is 2.64. The first-order valence-electron chi connectivity index (χ1n) is 10.00. The van der Waals surface area contributed by atoms with Gasteiger partial charge in [-0.15, -0.1) is 11.5 Å². The molecule has 2 rings (SSSR count). The monoisotopic (exact) mass is 410 g/mol. The van der Waals surface area contributed by atoms with Crippen LogP contribution < -0.4 is 10.4 Å². The van der Waals surface area contributed by atoms with Crippen molar-refractivity contribution in [3.05, 3.63) is 60.7 Å². The van der Waals surface area contributed by atoms with E-state index in [0.29, 0.717) is 6.42 Å². The van der Waals surface area contributed by atoms with Crippen LogP contribution in [-0.2, 0) is 4.43 Å². The summed E-state index contributed by atoms with van der Waals surface area (Å²) < 4.78 is 6.94. The van der Waals surface area contributed by atoms with E-state index in [1.54, 1.807) is 0 Å². The zero-order valence-corrected chi connectivity index (χ0v) is 20.1. The summed E-state index contributed by atoms with van der Waals surface area (Å²) in [5.74, 6) is 3.30. The first kappa shape index (κ1) is 22.6. The summed E-state index contributed by atoms with van der Waals surface area (Å²) in [6.07, 6.45) is 0.265. The van der Waals surface area contributed by atoms with Gasteiger partial charge in [-0.2, -0.15) is 0 Å². The van der Waals surface area contributed by atoms with Gasteiger partial charge < -0.3 is 9.53 Å². The minimum absolute atomic E-state index is 0.0229. The molecule has 0 aliphatic rings. The summed E-state index contributed by atoms with van der Waals surface area (Å²) in [4.78, 5) is 0. The highest BCUT2D eigenvalue weighted by Crippen LogP contribution is 2.37. The van der Waals surface area contributed by atoms with Gasteiger partial charge in [0.1, 0.15) is 8.07 Å². The molecule has 1 N–H and O–H groups in total. The van der Waals surface area contributed by atoms with Crippen molar-refractivity contribution in [2.24, 2.45) is 0 Å². The van der Waals surface area contributed by atoms with Crippen LogP contribution >= 0.6 is 0 Å². The number of hydrogen-bond donors (Lipinski definition) is 1. The van der Waals surface area contributed by atoms with Crippen LogP contribution in [0.5, 0.6) is 0 Å². The molecular formula is C24H34O2Si2. The van der Waals surface area contributed by atoms with Crippen molar-refractivity contribution in [2.75, 3.05) is 6.61 Å². The van der Waals surface area contributed by atoms with Gasteiger partial charge in [-0.1, -0.05) is 101 Å². The van der Waals surface area contributed by atoms with Gasteiger partial charge in [0.05, 0.1) is 12.7 Å². The van der Waals surface area contributed by atoms with Crippen molar-refractivity contribution < 1.29 is 9.53 Å². The molecule has 28 heavy (non-hydrogen) atoms. The minimum atomic E-state index is -2.65. The van der Waals surface area contributed by atoms with Crippen LogP contribution in [0.25, 0.3) is 0 Å². The predicted molar refractivity (Wildman–Crippen MR) is 125 cm³/mol. The minimum Gasteiger partial charge on any atom is -0.401 e. The largest absolute Gasteiger partial charge is 0.401 e. The van der Waals surface area contributed by atoms with Crippen LogP contribution in [0, 0.1) is 11.5 Å². The Hall–Kier alpha value is -1.65. The smallest absolute Gasteiger partial charge is 0.261 e. The first-order valence-corrected chi connectivity index (χ1v) is 15.4. The maximum atomic E-state index is 10.1. The average molecular weight is 411 g/mol. The Kier molecular flexibility index (Phi) is 7.47. The molecule has 1 atom stereocenters. The molecule has 0 spiro atoms. The maximum Gasteiger partial charge on any atom is 0.261 e. The quantitative estimate of drug-likeness (QED) is 0.571. The Labute approximate surface area is 173 Å². The lowest BCUT2D eigenvalue weighted by Crippen LogP contribution is -2.68. The van der Waals surface area contributed by atoms with Crippen LogP contribution in [0.15, 0.2) is 60.7 Å². The number of rotatable bonds is 6. The van der Waals surface area contributed by atoms with Crippen molar-refractivity contribution >= 4 is 26.8 Å². The van der Waals surface area contributed by atoms with E-state index in [1.165, 1.54) is 10.4 Å². The third-order valence-corrected chi connectivity index (χ3v) is 10.8. The van der Waals surface area contributed by atoms with Crippen LogP contribution in [0.3, 0.4) is 0 Å². The highest BCUT2D eigenvalue weighted by atomic mass is 28.4. The highest BCUT2D eigenvalue weighted by molar-refractivity contribution is 6.99. The molecule has 0 saturated heterocycles. The molecule has 0 aromatic heterocycles. The van der Waals surface area contributed by atoms with Gasteiger partial charge in [0.25, 0.3) is 8.32 Å². The Morgan fingerprint density at radius 1 is 0.893 bits per heavy atom. The molecular weight excluding hydrogens is 376 g/mol. The molecule has 4 heteroatoms. The number of aliphatic hydroxyl groups excluding tert-OH is 1. The second kappa shape index (κ2) is 9.23. The topological polar surface area (TPSA) is 29.5 Å². The van der Waals surface area contributed by atoms with Crippen LogP contribution in [0.1, 0.15) is 27.2 Å². The van der Waals surface area contributed by atoms with Gasteiger partial charge in [-0.3, -0.25) is 0 Å². The lowest BCUT2D eigenvalue weighted by Gasteiger charge is -2.44. The third kappa shape index (κ3) is 5.45. The van der Waals surface area contributed by atoms with E-state index in [9.17, 15) is 5.11 Å². The fraction of sp³-hybridized carbons (Fsp3) is 0.417. The van der Waals surface area contributed by atoms with Gasteiger partial charge in [0.15, 0.2) is 0 Å². The van der Waals surface area contributed by atoms with E-state index in [2.05, 4.69) is 100 Å². The molecule has 2 aromatic rings. The Morgan fingerprint density at radius 3 is 1.71 bits per heavy atom. The molecule has 2 nitrogen and oxygen atoms in total. The van der Waals surface area contributed by atoms with Gasteiger partial charge in [-0.25, -0.2) is 0 Å². The molecule has 150 valence electrons. The molecule has 2 aromatic carbocycles. The van der Waals surface area contributed by atoms with Gasteiger partial charge in [-0.05, 0) is 15.4 Å². The molecule has 0 aliphatic heterocycles. The fourth-order valence-corrected chi connectivity index (χ4v) is 8.82. The molecule has 0 aliphatic carbocycles. The number of hydrogen-bond acceptors (Lipinski definition) is 2. The summed E-state index contributed by atoms with van der Waals surface area (Å²) >= 11 is 0. The van der Waals surface area contributed by atoms with E-state index < -0.39 is 16.4 Å². The molecule has 0 bridgehead atoms. The Bertz CT molecular complexity index is 754. The van der Waals surface area contributed by atoms with Gasteiger partial charge >= 0.3 is 0 Å². The third-order valence-electron chi connectivity index (χ3n) is 4.76. The lowest BCUT2D eigenvalue weighted by molar-refractivity contribution is 0.111. The van der Waals surface area contributed by atoms with Gasteiger partial charge in [0.2, 0.25) is 0 Å².